The highest BCUT2D eigenvalue weighted by molar-refractivity contribution is 6.32. The fourth-order valence-electron chi connectivity index (χ4n) is 1.80. The number of hydrogen-bond donors (Lipinski definition) is 2. The van der Waals surface area contributed by atoms with Crippen molar-refractivity contribution in [1.29, 1.82) is 0 Å². The summed E-state index contributed by atoms with van der Waals surface area (Å²) in [6.45, 7) is 5.18. The molecule has 0 heterocycles. The topological polar surface area (TPSA) is 75.6 Å². The SMILES string of the molecule is CC(C)CC(NC(=O)C(C)Oc1ccc(F)cc1Cl)C(=O)O. The van der Waals surface area contributed by atoms with Crippen LogP contribution in [0.15, 0.2) is 18.2 Å². The van der Waals surface area contributed by atoms with Gasteiger partial charge in [0.1, 0.15) is 17.6 Å². The van der Waals surface area contributed by atoms with E-state index in [1.165, 1.54) is 13.0 Å². The summed E-state index contributed by atoms with van der Waals surface area (Å²) in [6, 6.07) is 2.55. The molecule has 0 radical (unpaired) electrons. The van der Waals surface area contributed by atoms with E-state index in [9.17, 15) is 14.0 Å². The Morgan fingerprint density at radius 2 is 2.00 bits per heavy atom. The maximum atomic E-state index is 12.9. The summed E-state index contributed by atoms with van der Waals surface area (Å²) in [5.74, 6) is -1.93. The van der Waals surface area contributed by atoms with Crippen molar-refractivity contribution in [2.24, 2.45) is 5.92 Å². The van der Waals surface area contributed by atoms with E-state index in [-0.39, 0.29) is 16.7 Å². The van der Waals surface area contributed by atoms with Crippen LogP contribution in [0.3, 0.4) is 0 Å². The summed E-state index contributed by atoms with van der Waals surface area (Å²) in [7, 11) is 0. The lowest BCUT2D eigenvalue weighted by molar-refractivity contribution is -0.143. The molecule has 1 rings (SSSR count). The van der Waals surface area contributed by atoms with E-state index in [2.05, 4.69) is 5.32 Å². The Balaban J connectivity index is 2.69. The monoisotopic (exact) mass is 331 g/mol. The number of nitrogens with one attached hydrogen (secondary N) is 1. The molecule has 0 spiro atoms. The molecule has 2 unspecified atom stereocenters. The van der Waals surface area contributed by atoms with Crippen molar-refractivity contribution >= 4 is 23.5 Å². The third-order valence-corrected chi connectivity index (χ3v) is 3.18. The predicted molar refractivity (Wildman–Crippen MR) is 80.5 cm³/mol. The zero-order chi connectivity index (χ0) is 16.9. The third-order valence-electron chi connectivity index (χ3n) is 2.89. The number of aliphatic carboxylic acids is 1. The molecule has 1 aromatic carbocycles. The van der Waals surface area contributed by atoms with E-state index < -0.39 is 29.8 Å². The lowest BCUT2D eigenvalue weighted by Crippen LogP contribution is -2.46. The lowest BCUT2D eigenvalue weighted by Gasteiger charge is -2.20. The van der Waals surface area contributed by atoms with Crippen LogP contribution in [0.1, 0.15) is 27.2 Å². The summed E-state index contributed by atoms with van der Waals surface area (Å²) >= 11 is 5.81. The highest BCUT2D eigenvalue weighted by Crippen LogP contribution is 2.25. The number of carbonyl (C=O) groups excluding carboxylic acids is 1. The van der Waals surface area contributed by atoms with Gasteiger partial charge in [-0.25, -0.2) is 9.18 Å². The van der Waals surface area contributed by atoms with Crippen LogP contribution in [-0.4, -0.2) is 29.1 Å². The van der Waals surface area contributed by atoms with Gasteiger partial charge in [-0.1, -0.05) is 25.4 Å². The molecule has 22 heavy (non-hydrogen) atoms. The molecule has 0 saturated carbocycles. The smallest absolute Gasteiger partial charge is 0.326 e. The molecule has 0 aromatic heterocycles. The highest BCUT2D eigenvalue weighted by atomic mass is 35.5. The van der Waals surface area contributed by atoms with Crippen molar-refractivity contribution in [1.82, 2.24) is 5.32 Å². The maximum absolute atomic E-state index is 12.9. The number of carbonyl (C=O) groups is 2. The van der Waals surface area contributed by atoms with E-state index in [4.69, 9.17) is 21.4 Å². The van der Waals surface area contributed by atoms with Crippen LogP contribution in [0.4, 0.5) is 4.39 Å². The summed E-state index contributed by atoms with van der Waals surface area (Å²) in [6.07, 6.45) is -0.651. The Hall–Kier alpha value is -1.82. The van der Waals surface area contributed by atoms with Crippen molar-refractivity contribution < 1.29 is 23.8 Å². The number of hydrogen-bond acceptors (Lipinski definition) is 3. The fraction of sp³-hybridized carbons (Fsp3) is 0.467. The highest BCUT2D eigenvalue weighted by Gasteiger charge is 2.25. The van der Waals surface area contributed by atoms with Gasteiger partial charge in [0.15, 0.2) is 6.10 Å². The Bertz CT molecular complexity index is 550. The minimum Gasteiger partial charge on any atom is -0.480 e. The van der Waals surface area contributed by atoms with E-state index >= 15 is 0 Å². The molecule has 0 aliphatic heterocycles. The molecule has 122 valence electrons. The van der Waals surface area contributed by atoms with Gasteiger partial charge in [0.2, 0.25) is 0 Å². The number of benzene rings is 1. The van der Waals surface area contributed by atoms with Crippen LogP contribution in [0.5, 0.6) is 5.75 Å². The summed E-state index contributed by atoms with van der Waals surface area (Å²) in [5, 5.41) is 11.6. The minimum absolute atomic E-state index is 0.0385. The average Bonchev–Trinajstić information content (AvgIpc) is 2.40. The second-order valence-corrected chi connectivity index (χ2v) is 5.77. The first-order valence-corrected chi connectivity index (χ1v) is 7.23. The lowest BCUT2D eigenvalue weighted by atomic mass is 10.0. The first-order valence-electron chi connectivity index (χ1n) is 6.85. The van der Waals surface area contributed by atoms with Crippen LogP contribution in [-0.2, 0) is 9.59 Å². The van der Waals surface area contributed by atoms with Gasteiger partial charge < -0.3 is 15.2 Å². The van der Waals surface area contributed by atoms with Gasteiger partial charge in [-0.2, -0.15) is 0 Å². The molecule has 1 aromatic rings. The molecule has 0 bridgehead atoms. The molecule has 2 atom stereocenters. The van der Waals surface area contributed by atoms with Crippen molar-refractivity contribution in [3.63, 3.8) is 0 Å². The van der Waals surface area contributed by atoms with Gasteiger partial charge >= 0.3 is 5.97 Å². The van der Waals surface area contributed by atoms with Gasteiger partial charge in [-0.3, -0.25) is 4.79 Å². The Morgan fingerprint density at radius 1 is 1.36 bits per heavy atom. The van der Waals surface area contributed by atoms with Gasteiger partial charge in [0.05, 0.1) is 5.02 Å². The van der Waals surface area contributed by atoms with E-state index in [0.717, 1.165) is 12.1 Å². The molecule has 0 aliphatic carbocycles. The summed E-state index contributed by atoms with van der Waals surface area (Å²) in [5.41, 5.74) is 0. The Morgan fingerprint density at radius 3 is 2.50 bits per heavy atom. The third kappa shape index (κ3) is 5.52. The second-order valence-electron chi connectivity index (χ2n) is 5.36. The van der Waals surface area contributed by atoms with Crippen LogP contribution < -0.4 is 10.1 Å². The molecule has 0 aliphatic rings. The molecule has 0 saturated heterocycles. The molecule has 1 amide bonds. The van der Waals surface area contributed by atoms with Gasteiger partial charge in [-0.15, -0.1) is 0 Å². The number of carboxylic acid groups (broad SMARTS) is 1. The van der Waals surface area contributed by atoms with Gasteiger partial charge in [0.25, 0.3) is 5.91 Å². The quantitative estimate of drug-likeness (QED) is 0.805. The zero-order valence-corrected chi connectivity index (χ0v) is 13.4. The minimum atomic E-state index is -1.10. The van der Waals surface area contributed by atoms with Crippen LogP contribution in [0.25, 0.3) is 0 Å². The van der Waals surface area contributed by atoms with Crippen molar-refractivity contribution in [2.75, 3.05) is 0 Å². The van der Waals surface area contributed by atoms with E-state index in [0.29, 0.717) is 6.42 Å². The van der Waals surface area contributed by atoms with Crippen LogP contribution in [0, 0.1) is 11.7 Å². The van der Waals surface area contributed by atoms with E-state index in [1.807, 2.05) is 13.8 Å². The molecule has 0 fully saturated rings. The van der Waals surface area contributed by atoms with Crippen molar-refractivity contribution in [2.45, 2.75) is 39.3 Å². The van der Waals surface area contributed by atoms with Crippen LogP contribution >= 0.6 is 11.6 Å². The molecular weight excluding hydrogens is 313 g/mol. The normalized spacial score (nSPS) is 13.5. The Labute approximate surface area is 133 Å². The maximum Gasteiger partial charge on any atom is 0.326 e. The summed E-state index contributed by atoms with van der Waals surface area (Å²) in [4.78, 5) is 23.1. The fourth-order valence-corrected chi connectivity index (χ4v) is 2.01. The second kappa shape index (κ2) is 7.98. The number of ether oxygens (including phenoxy) is 1. The van der Waals surface area contributed by atoms with Crippen molar-refractivity contribution in [3.8, 4) is 5.75 Å². The number of halogens is 2. The summed E-state index contributed by atoms with van der Waals surface area (Å²) < 4.78 is 18.3. The first-order chi connectivity index (χ1) is 10.2. The van der Waals surface area contributed by atoms with Gasteiger partial charge in [0, 0.05) is 0 Å². The molecule has 2 N–H and O–H groups in total. The molecular formula is C15H19ClFNO4. The van der Waals surface area contributed by atoms with E-state index in [1.54, 1.807) is 0 Å². The number of amides is 1. The van der Waals surface area contributed by atoms with Crippen LogP contribution in [0.2, 0.25) is 5.02 Å². The number of carboxylic acids is 1. The van der Waals surface area contributed by atoms with Gasteiger partial charge in [-0.05, 0) is 37.5 Å². The van der Waals surface area contributed by atoms with Crippen molar-refractivity contribution in [3.05, 3.63) is 29.0 Å². The predicted octanol–water partition coefficient (Wildman–Crippen LogP) is 2.86. The molecule has 7 heteroatoms. The zero-order valence-electron chi connectivity index (χ0n) is 12.6. The first kappa shape index (κ1) is 18.2. The Kier molecular flexibility index (Phi) is 6.61. The standard InChI is InChI=1S/C15H19ClFNO4/c1-8(2)6-12(15(20)21)18-14(19)9(3)22-13-5-4-10(17)7-11(13)16/h4-5,7-9,12H,6H2,1-3H3,(H,18,19)(H,20,21). The molecule has 5 nitrogen and oxygen atoms in total. The number of rotatable bonds is 7. The average molecular weight is 332 g/mol. The largest absolute Gasteiger partial charge is 0.480 e.